The van der Waals surface area contributed by atoms with Crippen molar-refractivity contribution in [3.05, 3.63) is 71.0 Å². The molecule has 0 radical (unpaired) electrons. The third-order valence-corrected chi connectivity index (χ3v) is 5.04. The van der Waals surface area contributed by atoms with Gasteiger partial charge in [-0.05, 0) is 42.5 Å². The molecule has 2 aromatic rings. The first-order valence-electron chi connectivity index (χ1n) is 8.35. The summed E-state index contributed by atoms with van der Waals surface area (Å²) in [6, 6.07) is 15.9. The molecule has 0 bridgehead atoms. The molecule has 0 heterocycles. The minimum Gasteiger partial charge on any atom is -0.207 e. The van der Waals surface area contributed by atoms with Gasteiger partial charge in [-0.25, -0.2) is 4.39 Å². The molecule has 0 nitrogen and oxygen atoms in total. The van der Waals surface area contributed by atoms with Crippen molar-refractivity contribution in [2.24, 2.45) is 5.92 Å². The molecule has 22 heavy (non-hydrogen) atoms. The molecule has 0 aromatic heterocycles. The van der Waals surface area contributed by atoms with E-state index >= 15 is 0 Å². The molecule has 0 aliphatic heterocycles. The maximum absolute atomic E-state index is 13.4. The van der Waals surface area contributed by atoms with Crippen molar-refractivity contribution >= 4 is 0 Å². The molecule has 0 fully saturated rings. The van der Waals surface area contributed by atoms with E-state index in [-0.39, 0.29) is 11.2 Å². The van der Waals surface area contributed by atoms with Gasteiger partial charge in [-0.1, -0.05) is 75.6 Å². The van der Waals surface area contributed by atoms with Crippen LogP contribution in [0, 0.1) is 18.7 Å². The molecule has 0 amide bonds. The standard InChI is InChI=1S/C21H27F/c1-5-7-17(6-2)21(4,18-10-8-16(3)9-11-18)19-12-14-20(22)15-13-19/h8-15,17H,5-7H2,1-4H3. The zero-order valence-corrected chi connectivity index (χ0v) is 14.2. The van der Waals surface area contributed by atoms with Crippen LogP contribution in [0.1, 0.15) is 56.7 Å². The van der Waals surface area contributed by atoms with Gasteiger partial charge < -0.3 is 0 Å². The molecule has 118 valence electrons. The van der Waals surface area contributed by atoms with E-state index in [9.17, 15) is 4.39 Å². The summed E-state index contributed by atoms with van der Waals surface area (Å²) in [4.78, 5) is 0. The average Bonchev–Trinajstić information content (AvgIpc) is 2.53. The van der Waals surface area contributed by atoms with Gasteiger partial charge in [0.25, 0.3) is 0 Å². The first-order valence-corrected chi connectivity index (χ1v) is 8.35. The highest BCUT2D eigenvalue weighted by atomic mass is 19.1. The molecule has 1 heteroatoms. The van der Waals surface area contributed by atoms with Crippen LogP contribution in [0.4, 0.5) is 4.39 Å². The zero-order chi connectivity index (χ0) is 16.2. The van der Waals surface area contributed by atoms with E-state index in [1.165, 1.54) is 29.5 Å². The van der Waals surface area contributed by atoms with Crippen LogP contribution in [0.5, 0.6) is 0 Å². The summed E-state index contributed by atoms with van der Waals surface area (Å²) in [5.41, 5.74) is 3.73. The molecule has 0 N–H and O–H groups in total. The van der Waals surface area contributed by atoms with Gasteiger partial charge in [0.05, 0.1) is 0 Å². The smallest absolute Gasteiger partial charge is 0.123 e. The van der Waals surface area contributed by atoms with Crippen molar-refractivity contribution in [3.63, 3.8) is 0 Å². The monoisotopic (exact) mass is 298 g/mol. The predicted molar refractivity (Wildman–Crippen MR) is 92.7 cm³/mol. The Morgan fingerprint density at radius 1 is 0.909 bits per heavy atom. The second-order valence-corrected chi connectivity index (χ2v) is 6.47. The number of benzene rings is 2. The summed E-state index contributed by atoms with van der Waals surface area (Å²) in [5, 5.41) is 0. The summed E-state index contributed by atoms with van der Waals surface area (Å²) in [6.45, 7) is 8.93. The van der Waals surface area contributed by atoms with Gasteiger partial charge in [0.1, 0.15) is 5.82 Å². The van der Waals surface area contributed by atoms with E-state index < -0.39 is 0 Å². The molecular formula is C21H27F. The Bertz CT molecular complexity index is 535. The van der Waals surface area contributed by atoms with Crippen molar-refractivity contribution in [1.82, 2.24) is 0 Å². The second-order valence-electron chi connectivity index (χ2n) is 6.47. The van der Waals surface area contributed by atoms with Gasteiger partial charge in [0.15, 0.2) is 0 Å². The van der Waals surface area contributed by atoms with Gasteiger partial charge in [-0.15, -0.1) is 0 Å². The largest absolute Gasteiger partial charge is 0.207 e. The fourth-order valence-electron chi connectivity index (χ4n) is 3.58. The fourth-order valence-corrected chi connectivity index (χ4v) is 3.58. The third-order valence-electron chi connectivity index (χ3n) is 5.04. The summed E-state index contributed by atoms with van der Waals surface area (Å²) in [7, 11) is 0. The number of rotatable bonds is 6. The molecular weight excluding hydrogens is 271 g/mol. The third kappa shape index (κ3) is 3.24. The van der Waals surface area contributed by atoms with Crippen LogP contribution in [0.3, 0.4) is 0 Å². The Hall–Kier alpha value is -1.63. The van der Waals surface area contributed by atoms with Crippen molar-refractivity contribution < 1.29 is 4.39 Å². The molecule has 2 unspecified atom stereocenters. The molecule has 2 aromatic carbocycles. The highest BCUT2D eigenvalue weighted by Gasteiger charge is 2.36. The Morgan fingerprint density at radius 2 is 1.41 bits per heavy atom. The van der Waals surface area contributed by atoms with Gasteiger partial charge in [-0.2, -0.15) is 0 Å². The minimum absolute atomic E-state index is 0.0772. The Kier molecular flexibility index (Phi) is 5.39. The van der Waals surface area contributed by atoms with Crippen LogP contribution >= 0.6 is 0 Å². The fraction of sp³-hybridized carbons (Fsp3) is 0.429. The van der Waals surface area contributed by atoms with Crippen LogP contribution in [-0.4, -0.2) is 0 Å². The normalized spacial score (nSPS) is 15.3. The molecule has 2 rings (SSSR count). The lowest BCUT2D eigenvalue weighted by Gasteiger charge is -2.39. The first-order chi connectivity index (χ1) is 10.5. The molecule has 0 saturated carbocycles. The summed E-state index contributed by atoms with van der Waals surface area (Å²) >= 11 is 0. The van der Waals surface area contributed by atoms with Crippen LogP contribution in [-0.2, 0) is 5.41 Å². The first kappa shape index (κ1) is 16.7. The molecule has 0 aliphatic rings. The summed E-state index contributed by atoms with van der Waals surface area (Å²) in [6.07, 6.45) is 3.47. The maximum atomic E-state index is 13.4. The maximum Gasteiger partial charge on any atom is 0.123 e. The van der Waals surface area contributed by atoms with Crippen molar-refractivity contribution in [3.8, 4) is 0 Å². The molecule has 2 atom stereocenters. The number of halogens is 1. The minimum atomic E-state index is -0.168. The topological polar surface area (TPSA) is 0 Å². The average molecular weight is 298 g/mol. The van der Waals surface area contributed by atoms with Crippen LogP contribution < -0.4 is 0 Å². The Morgan fingerprint density at radius 3 is 1.86 bits per heavy atom. The number of aryl methyl sites for hydroxylation is 1. The lowest BCUT2D eigenvalue weighted by Crippen LogP contribution is -2.33. The molecule has 0 spiro atoms. The van der Waals surface area contributed by atoms with Gasteiger partial charge in [0.2, 0.25) is 0 Å². The second kappa shape index (κ2) is 7.09. The lowest BCUT2D eigenvalue weighted by molar-refractivity contribution is 0.311. The quantitative estimate of drug-likeness (QED) is 0.590. The van der Waals surface area contributed by atoms with E-state index in [0.717, 1.165) is 6.42 Å². The highest BCUT2D eigenvalue weighted by molar-refractivity contribution is 5.40. The van der Waals surface area contributed by atoms with Gasteiger partial charge >= 0.3 is 0 Å². The molecule has 0 aliphatic carbocycles. The van der Waals surface area contributed by atoms with Crippen molar-refractivity contribution in [2.75, 3.05) is 0 Å². The predicted octanol–water partition coefficient (Wildman–Crippen LogP) is 6.27. The van der Waals surface area contributed by atoms with E-state index in [1.54, 1.807) is 12.1 Å². The van der Waals surface area contributed by atoms with E-state index in [4.69, 9.17) is 0 Å². The van der Waals surface area contributed by atoms with E-state index in [1.807, 2.05) is 12.1 Å². The van der Waals surface area contributed by atoms with E-state index in [0.29, 0.717) is 5.92 Å². The van der Waals surface area contributed by atoms with Crippen LogP contribution in [0.15, 0.2) is 48.5 Å². The molecule has 0 saturated heterocycles. The lowest BCUT2D eigenvalue weighted by atomic mass is 9.65. The summed E-state index contributed by atoms with van der Waals surface area (Å²) < 4.78 is 13.4. The zero-order valence-electron chi connectivity index (χ0n) is 14.2. The van der Waals surface area contributed by atoms with Crippen LogP contribution in [0.25, 0.3) is 0 Å². The Balaban J connectivity index is 2.56. The van der Waals surface area contributed by atoms with Crippen LogP contribution in [0.2, 0.25) is 0 Å². The van der Waals surface area contributed by atoms with E-state index in [2.05, 4.69) is 52.0 Å². The van der Waals surface area contributed by atoms with Gasteiger partial charge in [-0.3, -0.25) is 0 Å². The summed E-state index contributed by atoms with van der Waals surface area (Å²) in [5.74, 6) is 0.379. The van der Waals surface area contributed by atoms with Crippen molar-refractivity contribution in [2.45, 2.75) is 52.4 Å². The highest BCUT2D eigenvalue weighted by Crippen LogP contribution is 2.42. The van der Waals surface area contributed by atoms with Crippen molar-refractivity contribution in [1.29, 1.82) is 0 Å². The SMILES string of the molecule is CCCC(CC)C(C)(c1ccc(C)cc1)c1ccc(F)cc1. The number of hydrogen-bond donors (Lipinski definition) is 0. The number of hydrogen-bond acceptors (Lipinski definition) is 0. The Labute approximate surface area is 134 Å². The van der Waals surface area contributed by atoms with Gasteiger partial charge in [0, 0.05) is 5.41 Å².